The molecule has 1 atom stereocenters. The van der Waals surface area contributed by atoms with E-state index in [1.54, 1.807) is 11.1 Å². The van der Waals surface area contributed by atoms with Crippen LogP contribution < -0.4 is 10.2 Å². The fraction of sp³-hybridized carbons (Fsp3) is 0.625. The maximum absolute atomic E-state index is 12.7. The number of unbranched alkanes of at least 4 members (excludes halogenated alkanes) is 1. The maximum Gasteiger partial charge on any atom is 0.274 e. The quantitative estimate of drug-likeness (QED) is 0.799. The minimum Gasteiger partial charge on any atom is -0.487 e. The van der Waals surface area contributed by atoms with Crippen LogP contribution in [-0.2, 0) is 0 Å². The monoisotopic (exact) mass is 290 g/mol. The lowest BCUT2D eigenvalue weighted by atomic mass is 10.0. The summed E-state index contributed by atoms with van der Waals surface area (Å²) in [6.07, 6.45) is 5.64. The maximum atomic E-state index is 12.7. The number of likely N-dealkylation sites (N-methyl/N-ethyl adjacent to an activating group) is 1. The Kier molecular flexibility index (Phi) is 3.30. The lowest BCUT2D eigenvalue weighted by Gasteiger charge is -2.41. The van der Waals surface area contributed by atoms with E-state index in [4.69, 9.17) is 4.74 Å². The number of hydrogen-bond donors (Lipinski definition) is 0. The number of rotatable bonds is 4. The van der Waals surface area contributed by atoms with Crippen LogP contribution in [0.5, 0.6) is 5.75 Å². The highest BCUT2D eigenvalue weighted by Gasteiger charge is 2.57. The Morgan fingerprint density at radius 1 is 1.38 bits per heavy atom. The molecule has 0 bridgehead atoms. The van der Waals surface area contributed by atoms with Gasteiger partial charge in [-0.25, -0.2) is 0 Å². The molecule has 21 heavy (non-hydrogen) atoms. The summed E-state index contributed by atoms with van der Waals surface area (Å²) in [6, 6.07) is 1.68. The molecule has 5 heteroatoms. The van der Waals surface area contributed by atoms with Gasteiger partial charge in [0.15, 0.2) is 11.4 Å². The normalized spacial score (nSPS) is 22.3. The van der Waals surface area contributed by atoms with Crippen molar-refractivity contribution in [1.29, 1.82) is 0 Å². The number of nitrogens with zero attached hydrogens (tertiary/aromatic N) is 2. The van der Waals surface area contributed by atoms with Crippen molar-refractivity contribution in [1.82, 2.24) is 9.47 Å². The second-order valence-corrected chi connectivity index (χ2v) is 6.11. The molecular formula is C16H22N2O3. The first-order valence-corrected chi connectivity index (χ1v) is 7.69. The van der Waals surface area contributed by atoms with Gasteiger partial charge >= 0.3 is 0 Å². The number of aromatic nitrogens is 1. The first kappa shape index (κ1) is 14.2. The Bertz CT molecular complexity index is 631. The van der Waals surface area contributed by atoms with Crippen molar-refractivity contribution >= 4 is 5.91 Å². The van der Waals surface area contributed by atoms with Gasteiger partial charge in [0.2, 0.25) is 5.43 Å². The molecule has 0 N–H and O–H groups in total. The van der Waals surface area contributed by atoms with Crippen molar-refractivity contribution in [3.8, 4) is 5.75 Å². The Balaban J connectivity index is 2.06. The summed E-state index contributed by atoms with van der Waals surface area (Å²) in [6.45, 7) is 4.65. The van der Waals surface area contributed by atoms with E-state index in [0.717, 1.165) is 25.7 Å². The molecule has 0 unspecified atom stereocenters. The van der Waals surface area contributed by atoms with Crippen molar-refractivity contribution in [2.75, 3.05) is 13.7 Å². The number of pyridine rings is 1. The molecule has 0 aromatic carbocycles. The summed E-state index contributed by atoms with van der Waals surface area (Å²) in [5, 5.41) is 0. The van der Waals surface area contributed by atoms with Gasteiger partial charge in [-0.1, -0.05) is 13.3 Å². The summed E-state index contributed by atoms with van der Waals surface area (Å²) in [5.41, 5.74) is 0.129. The first-order valence-electron chi connectivity index (χ1n) is 7.69. The molecule has 1 aliphatic carbocycles. The van der Waals surface area contributed by atoms with Crippen molar-refractivity contribution < 1.29 is 9.53 Å². The van der Waals surface area contributed by atoms with Gasteiger partial charge in [-0.3, -0.25) is 9.59 Å². The first-order chi connectivity index (χ1) is 10.0. The molecule has 1 saturated carbocycles. The number of fused-ring (bicyclic) bond motifs is 1. The van der Waals surface area contributed by atoms with Crippen LogP contribution in [0.25, 0.3) is 0 Å². The molecule has 1 aromatic rings. The molecule has 1 fully saturated rings. The summed E-state index contributed by atoms with van der Waals surface area (Å²) in [5.74, 6) is 0.111. The van der Waals surface area contributed by atoms with Crippen LogP contribution in [0.4, 0.5) is 0 Å². The Morgan fingerprint density at radius 2 is 2.10 bits per heavy atom. The van der Waals surface area contributed by atoms with Crippen LogP contribution in [0.2, 0.25) is 0 Å². The smallest absolute Gasteiger partial charge is 0.274 e. The van der Waals surface area contributed by atoms with Gasteiger partial charge in [0.25, 0.3) is 5.91 Å². The molecule has 1 spiro atoms. The molecule has 5 nitrogen and oxygen atoms in total. The highest BCUT2D eigenvalue weighted by Crippen LogP contribution is 2.52. The number of ether oxygens (including phenoxy) is 1. The second-order valence-electron chi connectivity index (χ2n) is 6.11. The van der Waals surface area contributed by atoms with Crippen molar-refractivity contribution in [3.63, 3.8) is 0 Å². The van der Waals surface area contributed by atoms with Crippen molar-refractivity contribution in [2.24, 2.45) is 0 Å². The van der Waals surface area contributed by atoms with E-state index >= 15 is 0 Å². The fourth-order valence-electron chi connectivity index (χ4n) is 3.30. The van der Waals surface area contributed by atoms with Crippen molar-refractivity contribution in [3.05, 3.63) is 28.2 Å². The molecular weight excluding hydrogens is 268 g/mol. The molecule has 114 valence electrons. The van der Waals surface area contributed by atoms with Crippen LogP contribution >= 0.6 is 0 Å². The van der Waals surface area contributed by atoms with Crippen LogP contribution in [-0.4, -0.2) is 34.6 Å². The predicted octanol–water partition coefficient (Wildman–Crippen LogP) is 2.21. The van der Waals surface area contributed by atoms with Gasteiger partial charge in [0, 0.05) is 19.3 Å². The number of carbonyl (C=O) groups is 1. The minimum atomic E-state index is -0.210. The average molecular weight is 290 g/mol. The standard InChI is InChI=1S/C16H22N2O3/c1-4-5-10-21-14-12(19)6-9-18-11(2)16(7-8-16)17(3)15(20)13(14)18/h6,9,11H,4-5,7-8,10H2,1-3H3/t11-/m0/s1. The highest BCUT2D eigenvalue weighted by atomic mass is 16.5. The third-order valence-corrected chi connectivity index (χ3v) is 4.96. The van der Waals surface area contributed by atoms with Crippen LogP contribution in [0.3, 0.4) is 0 Å². The molecule has 1 amide bonds. The van der Waals surface area contributed by atoms with E-state index in [9.17, 15) is 9.59 Å². The predicted molar refractivity (Wildman–Crippen MR) is 79.9 cm³/mol. The molecule has 1 aliphatic heterocycles. The Morgan fingerprint density at radius 3 is 2.71 bits per heavy atom. The van der Waals surface area contributed by atoms with E-state index in [-0.39, 0.29) is 28.7 Å². The summed E-state index contributed by atoms with van der Waals surface area (Å²) in [4.78, 5) is 26.6. The SMILES string of the molecule is CCCCOc1c2n(ccc1=O)[C@@H](C)C1(CC1)N(C)C2=O. The zero-order valence-corrected chi connectivity index (χ0v) is 12.9. The van der Waals surface area contributed by atoms with E-state index in [1.165, 1.54) is 6.07 Å². The Labute approximate surface area is 124 Å². The van der Waals surface area contributed by atoms with E-state index in [1.807, 2.05) is 11.6 Å². The largest absolute Gasteiger partial charge is 0.487 e. The average Bonchev–Trinajstić information content (AvgIpc) is 3.27. The fourth-order valence-corrected chi connectivity index (χ4v) is 3.30. The zero-order chi connectivity index (χ0) is 15.2. The number of hydrogen-bond acceptors (Lipinski definition) is 3. The molecule has 2 aliphatic rings. The van der Waals surface area contributed by atoms with E-state index in [0.29, 0.717) is 12.3 Å². The molecule has 0 saturated heterocycles. The lowest BCUT2D eigenvalue weighted by Crippen LogP contribution is -2.50. The van der Waals surface area contributed by atoms with Crippen LogP contribution in [0, 0.1) is 0 Å². The zero-order valence-electron chi connectivity index (χ0n) is 12.9. The topological polar surface area (TPSA) is 51.5 Å². The minimum absolute atomic E-state index is 0.0696. The van der Waals surface area contributed by atoms with Gasteiger partial charge in [0.05, 0.1) is 18.2 Å². The molecule has 3 rings (SSSR count). The second kappa shape index (κ2) is 4.90. The van der Waals surface area contributed by atoms with Gasteiger partial charge in [-0.15, -0.1) is 0 Å². The van der Waals surface area contributed by atoms with E-state index < -0.39 is 0 Å². The molecule has 1 aromatic heterocycles. The highest BCUT2D eigenvalue weighted by molar-refractivity contribution is 5.97. The number of carbonyl (C=O) groups excluding carboxylic acids is 1. The van der Waals surface area contributed by atoms with Crippen LogP contribution in [0.15, 0.2) is 17.1 Å². The molecule has 0 radical (unpaired) electrons. The van der Waals surface area contributed by atoms with Gasteiger partial charge in [0.1, 0.15) is 0 Å². The lowest BCUT2D eigenvalue weighted by molar-refractivity contribution is 0.0549. The third kappa shape index (κ3) is 1.98. The van der Waals surface area contributed by atoms with Gasteiger partial charge in [-0.2, -0.15) is 0 Å². The number of amides is 1. The summed E-state index contributed by atoms with van der Waals surface area (Å²) in [7, 11) is 1.84. The van der Waals surface area contributed by atoms with Gasteiger partial charge < -0.3 is 14.2 Å². The van der Waals surface area contributed by atoms with Crippen LogP contribution in [0.1, 0.15) is 56.1 Å². The van der Waals surface area contributed by atoms with Crippen molar-refractivity contribution in [2.45, 2.75) is 51.1 Å². The third-order valence-electron chi connectivity index (χ3n) is 4.96. The Hall–Kier alpha value is -1.78. The van der Waals surface area contributed by atoms with Gasteiger partial charge in [-0.05, 0) is 26.2 Å². The molecule has 2 heterocycles. The summed E-state index contributed by atoms with van der Waals surface area (Å²) >= 11 is 0. The van der Waals surface area contributed by atoms with E-state index in [2.05, 4.69) is 13.8 Å². The summed E-state index contributed by atoms with van der Waals surface area (Å²) < 4.78 is 7.58.